The van der Waals surface area contributed by atoms with Crippen LogP contribution in [0, 0.1) is 0 Å². The van der Waals surface area contributed by atoms with Crippen LogP contribution >= 0.6 is 11.6 Å². The van der Waals surface area contributed by atoms with Crippen LogP contribution in [-0.2, 0) is 14.8 Å². The number of carbonyl (C=O) groups excluding carboxylic acids is 2. The van der Waals surface area contributed by atoms with Gasteiger partial charge in [0.25, 0.3) is 5.91 Å². The van der Waals surface area contributed by atoms with Crippen LogP contribution in [0.1, 0.15) is 43.0 Å². The predicted molar refractivity (Wildman–Crippen MR) is 117 cm³/mol. The van der Waals surface area contributed by atoms with Crippen molar-refractivity contribution in [3.8, 4) is 0 Å². The number of anilines is 2. The maximum atomic E-state index is 12.8. The Hall–Kier alpha value is -2.42. The minimum Gasteiger partial charge on any atom is -0.326 e. The average molecular weight is 450 g/mol. The minimum absolute atomic E-state index is 0.179. The molecule has 0 aromatic heterocycles. The van der Waals surface area contributed by atoms with Crippen molar-refractivity contribution in [2.45, 2.75) is 37.5 Å². The van der Waals surface area contributed by atoms with E-state index >= 15 is 0 Å². The molecule has 2 N–H and O–H groups in total. The lowest BCUT2D eigenvalue weighted by atomic mass is 10.2. The van der Waals surface area contributed by atoms with Gasteiger partial charge >= 0.3 is 0 Å². The van der Waals surface area contributed by atoms with Crippen LogP contribution in [0.4, 0.5) is 11.4 Å². The topological polar surface area (TPSA) is 95.6 Å². The molecule has 2 aromatic carbocycles. The maximum Gasteiger partial charge on any atom is 0.255 e. The molecular formula is C21H24ClN3O4S. The van der Waals surface area contributed by atoms with Crippen LogP contribution in [0.2, 0.25) is 5.02 Å². The van der Waals surface area contributed by atoms with E-state index in [9.17, 15) is 18.0 Å². The smallest absolute Gasteiger partial charge is 0.255 e. The zero-order valence-corrected chi connectivity index (χ0v) is 18.2. The van der Waals surface area contributed by atoms with Gasteiger partial charge in [0.2, 0.25) is 15.9 Å². The number of sulfonamides is 1. The van der Waals surface area contributed by atoms with Crippen LogP contribution in [0.5, 0.6) is 0 Å². The van der Waals surface area contributed by atoms with E-state index in [1.165, 1.54) is 41.6 Å². The van der Waals surface area contributed by atoms with Crippen molar-refractivity contribution in [2.24, 2.45) is 0 Å². The summed E-state index contributed by atoms with van der Waals surface area (Å²) >= 11 is 6.18. The third kappa shape index (κ3) is 5.38. The highest BCUT2D eigenvalue weighted by Gasteiger charge is 2.25. The predicted octanol–water partition coefficient (Wildman–Crippen LogP) is 4.12. The first kappa shape index (κ1) is 22.3. The van der Waals surface area contributed by atoms with Crippen LogP contribution in [-0.4, -0.2) is 37.6 Å². The Balaban J connectivity index is 1.71. The lowest BCUT2D eigenvalue weighted by Gasteiger charge is -2.20. The van der Waals surface area contributed by atoms with Gasteiger partial charge in [0.1, 0.15) is 0 Å². The van der Waals surface area contributed by atoms with Crippen molar-refractivity contribution in [1.82, 2.24) is 4.31 Å². The fourth-order valence-electron chi connectivity index (χ4n) is 3.30. The van der Waals surface area contributed by atoms with Gasteiger partial charge in [0.05, 0.1) is 15.6 Å². The molecule has 2 aromatic rings. The van der Waals surface area contributed by atoms with Gasteiger partial charge in [-0.05, 0) is 55.3 Å². The van der Waals surface area contributed by atoms with Gasteiger partial charge in [-0.2, -0.15) is 4.31 Å². The summed E-state index contributed by atoms with van der Waals surface area (Å²) in [7, 11) is -3.56. The molecule has 3 rings (SSSR count). The highest BCUT2D eigenvalue weighted by molar-refractivity contribution is 7.89. The van der Waals surface area contributed by atoms with Gasteiger partial charge in [-0.15, -0.1) is 0 Å². The van der Waals surface area contributed by atoms with Crippen molar-refractivity contribution < 1.29 is 18.0 Å². The van der Waals surface area contributed by atoms with Crippen molar-refractivity contribution in [3.05, 3.63) is 53.1 Å². The van der Waals surface area contributed by atoms with Crippen molar-refractivity contribution >= 4 is 44.8 Å². The zero-order valence-electron chi connectivity index (χ0n) is 16.7. The molecule has 7 nitrogen and oxygen atoms in total. The third-order valence-electron chi connectivity index (χ3n) is 4.86. The summed E-state index contributed by atoms with van der Waals surface area (Å²) in [5.74, 6) is -0.638. The summed E-state index contributed by atoms with van der Waals surface area (Å²) in [5.41, 5.74) is 1.22. The molecule has 0 unspecified atom stereocenters. The van der Waals surface area contributed by atoms with E-state index in [0.29, 0.717) is 30.0 Å². The van der Waals surface area contributed by atoms with Crippen LogP contribution in [0.3, 0.4) is 0 Å². The number of halogens is 1. The number of benzene rings is 2. The summed E-state index contributed by atoms with van der Waals surface area (Å²) in [6.45, 7) is 2.44. The molecule has 0 atom stereocenters. The van der Waals surface area contributed by atoms with Crippen molar-refractivity contribution in [3.63, 3.8) is 0 Å². The van der Waals surface area contributed by atoms with E-state index in [2.05, 4.69) is 10.6 Å². The first-order valence-electron chi connectivity index (χ1n) is 9.76. The lowest BCUT2D eigenvalue weighted by molar-refractivity contribution is -0.114. The van der Waals surface area contributed by atoms with Crippen molar-refractivity contribution in [2.75, 3.05) is 23.7 Å². The SMILES string of the molecule is CC(=O)Nc1ccc(NC(=O)c2ccc(S(=O)(=O)N3CCCCCC3)cc2)c(Cl)c1. The Morgan fingerprint density at radius 1 is 0.933 bits per heavy atom. The van der Waals surface area contributed by atoms with Crippen LogP contribution < -0.4 is 10.6 Å². The summed E-state index contributed by atoms with van der Waals surface area (Å²) in [4.78, 5) is 23.8. The lowest BCUT2D eigenvalue weighted by Crippen LogP contribution is -2.31. The standard InChI is InChI=1S/C21H24ClN3O4S/c1-15(26)23-17-8-11-20(19(22)14-17)24-21(27)16-6-9-18(10-7-16)30(28,29)25-12-4-2-3-5-13-25/h6-11,14H,2-5,12-13H2,1H3,(H,23,26)(H,24,27). The Bertz CT molecular complexity index is 1030. The third-order valence-corrected chi connectivity index (χ3v) is 7.08. The van der Waals surface area contributed by atoms with Gasteiger partial charge in [-0.1, -0.05) is 24.4 Å². The average Bonchev–Trinajstić information content (AvgIpc) is 3.00. The van der Waals surface area contributed by atoms with Crippen molar-refractivity contribution in [1.29, 1.82) is 0 Å². The Labute approximate surface area is 181 Å². The molecule has 0 saturated carbocycles. The van der Waals surface area contributed by atoms with Crippen LogP contribution in [0.15, 0.2) is 47.4 Å². The summed E-state index contributed by atoms with van der Waals surface area (Å²) in [5, 5.41) is 5.58. The minimum atomic E-state index is -3.56. The van der Waals surface area contributed by atoms with E-state index in [-0.39, 0.29) is 15.8 Å². The first-order valence-corrected chi connectivity index (χ1v) is 11.6. The summed E-state index contributed by atoms with van der Waals surface area (Å²) in [6.07, 6.45) is 3.81. The molecule has 1 saturated heterocycles. The number of carbonyl (C=O) groups is 2. The highest BCUT2D eigenvalue weighted by atomic mass is 35.5. The molecule has 0 aliphatic carbocycles. The maximum absolute atomic E-state index is 12.8. The molecule has 1 aliphatic rings. The second-order valence-corrected chi connectivity index (χ2v) is 9.52. The Morgan fingerprint density at radius 2 is 1.57 bits per heavy atom. The van der Waals surface area contributed by atoms with Gasteiger partial charge in [-0.3, -0.25) is 9.59 Å². The van der Waals surface area contributed by atoms with E-state index in [4.69, 9.17) is 11.6 Å². The van der Waals surface area contributed by atoms with Crippen LogP contribution in [0.25, 0.3) is 0 Å². The molecular weight excluding hydrogens is 426 g/mol. The first-order chi connectivity index (χ1) is 14.3. The number of nitrogens with one attached hydrogen (secondary N) is 2. The Kier molecular flexibility index (Phi) is 7.12. The number of hydrogen-bond donors (Lipinski definition) is 2. The monoisotopic (exact) mass is 449 g/mol. The molecule has 1 fully saturated rings. The summed E-state index contributed by atoms with van der Waals surface area (Å²) in [6, 6.07) is 10.6. The molecule has 0 radical (unpaired) electrons. The second-order valence-electron chi connectivity index (χ2n) is 7.17. The van der Waals surface area contributed by atoms with E-state index in [1.54, 1.807) is 12.1 Å². The summed E-state index contributed by atoms with van der Waals surface area (Å²) < 4.78 is 27.2. The van der Waals surface area contributed by atoms with Gasteiger partial charge < -0.3 is 10.6 Å². The van der Waals surface area contributed by atoms with Gasteiger partial charge in [0.15, 0.2) is 0 Å². The quantitative estimate of drug-likeness (QED) is 0.717. The number of hydrogen-bond acceptors (Lipinski definition) is 4. The van der Waals surface area contributed by atoms with Gasteiger partial charge in [0, 0.05) is 31.3 Å². The Morgan fingerprint density at radius 3 is 2.13 bits per heavy atom. The number of amides is 2. The fraction of sp³-hybridized carbons (Fsp3) is 0.333. The zero-order chi connectivity index (χ0) is 21.7. The number of rotatable bonds is 5. The normalized spacial score (nSPS) is 15.3. The number of nitrogens with zero attached hydrogens (tertiary/aromatic N) is 1. The molecule has 160 valence electrons. The van der Waals surface area contributed by atoms with E-state index < -0.39 is 15.9 Å². The molecule has 2 amide bonds. The van der Waals surface area contributed by atoms with Gasteiger partial charge in [-0.25, -0.2) is 8.42 Å². The molecule has 0 spiro atoms. The second kappa shape index (κ2) is 9.59. The molecule has 1 aliphatic heterocycles. The molecule has 1 heterocycles. The molecule has 9 heteroatoms. The molecule has 30 heavy (non-hydrogen) atoms. The molecule has 0 bridgehead atoms. The fourth-order valence-corrected chi connectivity index (χ4v) is 5.05. The largest absolute Gasteiger partial charge is 0.326 e. The highest BCUT2D eigenvalue weighted by Crippen LogP contribution is 2.26. The van der Waals surface area contributed by atoms with E-state index in [0.717, 1.165) is 25.7 Å². The van der Waals surface area contributed by atoms with E-state index in [1.807, 2.05) is 0 Å².